The lowest BCUT2D eigenvalue weighted by atomic mass is 10.1. The molecule has 1 fully saturated rings. The van der Waals surface area contributed by atoms with Gasteiger partial charge in [0.1, 0.15) is 24.6 Å². The first-order valence-electron chi connectivity index (χ1n) is 12.7. The molecule has 1 saturated heterocycles. The molecule has 9 nitrogen and oxygen atoms in total. The van der Waals surface area contributed by atoms with Crippen LogP contribution in [0.15, 0.2) is 60.8 Å². The highest BCUT2D eigenvalue weighted by Gasteiger charge is 2.23. The van der Waals surface area contributed by atoms with Gasteiger partial charge in [0.05, 0.1) is 0 Å². The van der Waals surface area contributed by atoms with E-state index in [-0.39, 0.29) is 6.03 Å². The zero-order valence-electron chi connectivity index (χ0n) is 20.9. The molecule has 0 radical (unpaired) electrons. The van der Waals surface area contributed by atoms with E-state index < -0.39 is 0 Å². The first-order valence-corrected chi connectivity index (χ1v) is 12.7. The smallest absolute Gasteiger partial charge is 0.321 e. The third-order valence-electron chi connectivity index (χ3n) is 6.91. The minimum atomic E-state index is -0.0946. The summed E-state index contributed by atoms with van der Waals surface area (Å²) in [5.74, 6) is 2.32. The fraction of sp³-hybridized carbons (Fsp3) is 0.321. The first kappa shape index (κ1) is 23.3. The Morgan fingerprint density at radius 2 is 1.73 bits per heavy atom. The quantitative estimate of drug-likeness (QED) is 0.447. The Morgan fingerprint density at radius 1 is 0.946 bits per heavy atom. The van der Waals surface area contributed by atoms with Crippen LogP contribution in [0.4, 0.5) is 10.5 Å². The Labute approximate surface area is 215 Å². The molecule has 9 heteroatoms. The van der Waals surface area contributed by atoms with Crippen LogP contribution in [0, 0.1) is 6.92 Å². The molecule has 1 N–H and O–H groups in total. The van der Waals surface area contributed by atoms with Gasteiger partial charge in [-0.3, -0.25) is 4.90 Å². The summed E-state index contributed by atoms with van der Waals surface area (Å²) >= 11 is 0. The van der Waals surface area contributed by atoms with Crippen molar-refractivity contribution in [3.8, 4) is 22.9 Å². The number of aryl methyl sites for hydroxylation is 1. The van der Waals surface area contributed by atoms with E-state index in [1.807, 2.05) is 41.4 Å². The molecule has 0 aliphatic carbocycles. The summed E-state index contributed by atoms with van der Waals surface area (Å²) in [5, 5.41) is 2.99. The molecule has 0 saturated carbocycles. The second kappa shape index (κ2) is 10.1. The van der Waals surface area contributed by atoms with Crippen molar-refractivity contribution >= 4 is 22.9 Å². The summed E-state index contributed by atoms with van der Waals surface area (Å²) in [6.45, 7) is 7.76. The van der Waals surface area contributed by atoms with Gasteiger partial charge < -0.3 is 24.3 Å². The summed E-state index contributed by atoms with van der Waals surface area (Å²) in [6, 6.07) is 17.8. The number of carbonyl (C=O) groups is 1. The SMILES string of the molecule is Cc1ccc(-c2nc3cccnc3n2CCN2CCN(C(=O)Nc3ccc4c(c3)OCCO4)CC2)cc1. The number of pyridine rings is 1. The predicted molar refractivity (Wildman–Crippen MR) is 142 cm³/mol. The molecule has 0 spiro atoms. The van der Waals surface area contributed by atoms with Gasteiger partial charge in [0.2, 0.25) is 0 Å². The maximum Gasteiger partial charge on any atom is 0.321 e. The van der Waals surface area contributed by atoms with Gasteiger partial charge in [-0.15, -0.1) is 0 Å². The minimum absolute atomic E-state index is 0.0946. The molecular weight excluding hydrogens is 468 g/mol. The minimum Gasteiger partial charge on any atom is -0.486 e. The van der Waals surface area contributed by atoms with E-state index in [1.54, 1.807) is 0 Å². The number of anilines is 1. The fourth-order valence-electron chi connectivity index (χ4n) is 4.83. The zero-order chi connectivity index (χ0) is 25.2. The number of hydrogen-bond donors (Lipinski definition) is 1. The number of benzene rings is 2. The number of urea groups is 1. The number of rotatable bonds is 5. The van der Waals surface area contributed by atoms with Gasteiger partial charge in [0.15, 0.2) is 17.1 Å². The number of aromatic nitrogens is 3. The number of fused-ring (bicyclic) bond motifs is 2. The predicted octanol–water partition coefficient (Wildman–Crippen LogP) is 4.03. The van der Waals surface area contributed by atoms with Crippen molar-refractivity contribution < 1.29 is 14.3 Å². The molecule has 2 aliphatic rings. The summed E-state index contributed by atoms with van der Waals surface area (Å²) in [6.07, 6.45) is 1.82. The number of nitrogens with zero attached hydrogens (tertiary/aromatic N) is 5. The molecule has 4 aromatic rings. The number of carbonyl (C=O) groups excluding carboxylic acids is 1. The number of amides is 2. The van der Waals surface area contributed by atoms with Gasteiger partial charge in [-0.2, -0.15) is 0 Å². The van der Waals surface area contributed by atoms with Crippen molar-refractivity contribution in [1.82, 2.24) is 24.3 Å². The average Bonchev–Trinajstić information content (AvgIpc) is 3.31. The Morgan fingerprint density at radius 3 is 2.54 bits per heavy atom. The highest BCUT2D eigenvalue weighted by molar-refractivity contribution is 5.89. The lowest BCUT2D eigenvalue weighted by Crippen LogP contribution is -2.50. The fourth-order valence-corrected chi connectivity index (χ4v) is 4.83. The van der Waals surface area contributed by atoms with Crippen LogP contribution in [0.3, 0.4) is 0 Å². The highest BCUT2D eigenvalue weighted by Crippen LogP contribution is 2.32. The molecular formula is C28H30N6O3. The van der Waals surface area contributed by atoms with E-state index in [0.29, 0.717) is 43.5 Å². The molecule has 37 heavy (non-hydrogen) atoms. The molecule has 2 aliphatic heterocycles. The van der Waals surface area contributed by atoms with E-state index in [1.165, 1.54) is 5.56 Å². The number of ether oxygens (including phenoxy) is 2. The first-order chi connectivity index (χ1) is 18.1. The van der Waals surface area contributed by atoms with Crippen LogP contribution in [0.25, 0.3) is 22.6 Å². The van der Waals surface area contributed by atoms with Crippen LogP contribution in [-0.4, -0.2) is 76.3 Å². The molecule has 2 aromatic heterocycles. The van der Waals surface area contributed by atoms with Gasteiger partial charge >= 0.3 is 6.03 Å². The van der Waals surface area contributed by atoms with E-state index in [0.717, 1.165) is 48.7 Å². The second-order valence-corrected chi connectivity index (χ2v) is 9.42. The van der Waals surface area contributed by atoms with Crippen LogP contribution in [-0.2, 0) is 6.54 Å². The van der Waals surface area contributed by atoms with E-state index in [9.17, 15) is 4.79 Å². The Balaban J connectivity index is 1.08. The van der Waals surface area contributed by atoms with Gasteiger partial charge in [-0.1, -0.05) is 29.8 Å². The van der Waals surface area contributed by atoms with Crippen LogP contribution in [0.2, 0.25) is 0 Å². The van der Waals surface area contributed by atoms with Crippen molar-refractivity contribution in [3.05, 3.63) is 66.4 Å². The second-order valence-electron chi connectivity index (χ2n) is 9.42. The Kier molecular flexibility index (Phi) is 6.36. The summed E-state index contributed by atoms with van der Waals surface area (Å²) in [4.78, 5) is 26.6. The largest absolute Gasteiger partial charge is 0.486 e. The molecule has 0 bridgehead atoms. The van der Waals surface area contributed by atoms with Crippen LogP contribution in [0.1, 0.15) is 5.56 Å². The van der Waals surface area contributed by atoms with Crippen molar-refractivity contribution in [2.75, 3.05) is 51.3 Å². The lowest BCUT2D eigenvalue weighted by molar-refractivity contribution is 0.144. The maximum atomic E-state index is 12.9. The van der Waals surface area contributed by atoms with E-state index in [2.05, 4.69) is 51.0 Å². The molecule has 2 aromatic carbocycles. The maximum absolute atomic E-state index is 12.9. The van der Waals surface area contributed by atoms with Crippen molar-refractivity contribution in [2.24, 2.45) is 0 Å². The molecule has 0 unspecified atom stereocenters. The summed E-state index contributed by atoms with van der Waals surface area (Å²) < 4.78 is 13.4. The lowest BCUT2D eigenvalue weighted by Gasteiger charge is -2.34. The molecule has 0 atom stereocenters. The average molecular weight is 499 g/mol. The molecule has 2 amide bonds. The number of hydrogen-bond acceptors (Lipinski definition) is 6. The molecule has 6 rings (SSSR count). The summed E-state index contributed by atoms with van der Waals surface area (Å²) in [5.41, 5.74) is 4.82. The Hall–Kier alpha value is -4.11. The normalized spacial score (nSPS) is 15.6. The monoisotopic (exact) mass is 498 g/mol. The van der Waals surface area contributed by atoms with E-state index >= 15 is 0 Å². The van der Waals surface area contributed by atoms with Crippen LogP contribution >= 0.6 is 0 Å². The van der Waals surface area contributed by atoms with Crippen LogP contribution in [0.5, 0.6) is 11.5 Å². The summed E-state index contributed by atoms with van der Waals surface area (Å²) in [7, 11) is 0. The number of nitrogens with one attached hydrogen (secondary N) is 1. The topological polar surface area (TPSA) is 84.8 Å². The standard InChI is InChI=1S/C28H30N6O3/c1-20-4-6-21(7-5-20)26-31-23-3-2-10-29-27(23)34(26)16-13-32-11-14-33(15-12-32)28(35)30-22-8-9-24-25(19-22)37-18-17-36-24/h2-10,19H,11-18H2,1H3,(H,30,35). The van der Waals surface area contributed by atoms with Gasteiger partial charge in [0, 0.05) is 62.8 Å². The third kappa shape index (κ3) is 4.95. The van der Waals surface area contributed by atoms with Gasteiger partial charge in [-0.05, 0) is 31.2 Å². The van der Waals surface area contributed by atoms with Crippen molar-refractivity contribution in [2.45, 2.75) is 13.5 Å². The number of imidazole rings is 1. The van der Waals surface area contributed by atoms with Crippen LogP contribution < -0.4 is 14.8 Å². The van der Waals surface area contributed by atoms with Gasteiger partial charge in [-0.25, -0.2) is 14.8 Å². The van der Waals surface area contributed by atoms with Crippen molar-refractivity contribution in [3.63, 3.8) is 0 Å². The molecule has 4 heterocycles. The zero-order valence-corrected chi connectivity index (χ0v) is 20.9. The Bertz CT molecular complexity index is 1410. The molecule has 190 valence electrons. The van der Waals surface area contributed by atoms with Gasteiger partial charge in [0.25, 0.3) is 0 Å². The van der Waals surface area contributed by atoms with E-state index in [4.69, 9.17) is 14.5 Å². The highest BCUT2D eigenvalue weighted by atomic mass is 16.6. The van der Waals surface area contributed by atoms with Crippen molar-refractivity contribution in [1.29, 1.82) is 0 Å². The third-order valence-corrected chi connectivity index (χ3v) is 6.91. The number of piperazine rings is 1.